The van der Waals surface area contributed by atoms with Gasteiger partial charge in [-0.3, -0.25) is 9.97 Å². The largest absolute Gasteiger partial charge is 2.00 e. The minimum atomic E-state index is 0. The molecule has 6 heterocycles. The van der Waals surface area contributed by atoms with Crippen LogP contribution < -0.4 is 0 Å². The first-order chi connectivity index (χ1) is 57.4. The summed E-state index contributed by atoms with van der Waals surface area (Å²) in [6, 6.07) is 153. The first-order valence-electron chi connectivity index (χ1n) is 38.8. The molecule has 0 saturated heterocycles. The zero-order valence-corrected chi connectivity index (χ0v) is 69.4. The van der Waals surface area contributed by atoms with E-state index in [1.54, 1.807) is 22.7 Å². The standard InChI is InChI=1S/2C54H33N3S.2Pt/c1-3-11-36(12-4-1)38-18-20-40(21-19-38)42-28-31-50-47(33-42)46-30-27-44(54-56-49-16-7-8-17-53(49)58-54)35-52(46)57(50)51-34-43(48-15-9-10-32-55-48)26-29-45(51)41-24-22-39(23-25-41)37-13-5-2-6-14-37;1-3-10-36(11-4-1)38-18-22-40(23-19-38)42-28-31-51-48(33-42)47-29-26-44(54-56-50-16-7-8-17-53(50)58-54)34-52(47)57(51)46-15-9-14-43(32-46)49-30-27-45(35-55-49)41-24-20-39(21-25-41)37-12-5-2-6-13-37;;/h1-33H;1-31,33,35H;;/q2*-2;2*+2. The van der Waals surface area contributed by atoms with Crippen LogP contribution in [0.25, 0.3) is 208 Å². The maximum absolute atomic E-state index is 5.04. The van der Waals surface area contributed by atoms with E-state index in [-0.39, 0.29) is 42.1 Å². The van der Waals surface area contributed by atoms with Crippen LogP contribution >= 0.6 is 22.7 Å². The number of rotatable bonds is 14. The Morgan fingerprint density at radius 2 is 0.627 bits per heavy atom. The normalized spacial score (nSPS) is 11.3. The number of nitrogens with zero attached hydrogens (tertiary/aromatic N) is 6. The zero-order valence-electron chi connectivity index (χ0n) is 63.2. The summed E-state index contributed by atoms with van der Waals surface area (Å²) in [5.74, 6) is 0. The smallest absolute Gasteiger partial charge is 0.346 e. The summed E-state index contributed by atoms with van der Waals surface area (Å²) >= 11 is 3.40. The van der Waals surface area contributed by atoms with Crippen LogP contribution in [0.15, 0.2) is 401 Å². The predicted octanol–water partition coefficient (Wildman–Crippen LogP) is 28.8. The van der Waals surface area contributed by atoms with Gasteiger partial charge < -0.3 is 19.1 Å². The maximum atomic E-state index is 5.04. The van der Waals surface area contributed by atoms with Gasteiger partial charge in [0, 0.05) is 42.8 Å². The molecule has 0 atom stereocenters. The molecule has 0 spiro atoms. The maximum Gasteiger partial charge on any atom is 2.00 e. The predicted molar refractivity (Wildman–Crippen MR) is 484 cm³/mol. The monoisotopic (exact) mass is 1900 g/mol. The number of hydrogen-bond acceptors (Lipinski definition) is 6. The Morgan fingerprint density at radius 1 is 0.246 bits per heavy atom. The molecular formula is C108H66N6Pt2S2. The second-order valence-electron chi connectivity index (χ2n) is 28.9. The Labute approximate surface area is 720 Å². The van der Waals surface area contributed by atoms with E-state index in [0.717, 1.165) is 148 Å². The molecule has 118 heavy (non-hydrogen) atoms. The quantitative estimate of drug-likeness (QED) is 0.102. The number of hydrogen-bond donors (Lipinski definition) is 0. The minimum Gasteiger partial charge on any atom is -0.346 e. The third-order valence-corrected chi connectivity index (χ3v) is 24.0. The number of para-hydroxylation sites is 2. The van der Waals surface area contributed by atoms with Crippen LogP contribution in [-0.2, 0) is 42.1 Å². The van der Waals surface area contributed by atoms with Crippen LogP contribution in [0.2, 0.25) is 0 Å². The number of aromatic nitrogens is 6. The Morgan fingerprint density at radius 3 is 1.08 bits per heavy atom. The Hall–Kier alpha value is -13.4. The molecule has 560 valence electrons. The van der Waals surface area contributed by atoms with Crippen molar-refractivity contribution in [3.63, 3.8) is 0 Å². The Bertz CT molecular complexity index is 7310. The van der Waals surface area contributed by atoms with Crippen molar-refractivity contribution < 1.29 is 42.1 Å². The van der Waals surface area contributed by atoms with Crippen molar-refractivity contribution in [1.29, 1.82) is 0 Å². The van der Waals surface area contributed by atoms with E-state index in [2.05, 4.69) is 385 Å². The molecule has 22 rings (SSSR count). The number of thiazole rings is 2. The molecule has 6 nitrogen and oxygen atoms in total. The first-order valence-corrected chi connectivity index (χ1v) is 40.4. The Balaban J connectivity index is 0.000000154. The van der Waals surface area contributed by atoms with E-state index in [0.29, 0.717) is 0 Å². The molecular weight excluding hydrogens is 1840 g/mol. The molecule has 10 heteroatoms. The van der Waals surface area contributed by atoms with Gasteiger partial charge in [0.25, 0.3) is 0 Å². The van der Waals surface area contributed by atoms with Gasteiger partial charge >= 0.3 is 42.1 Å². The van der Waals surface area contributed by atoms with Crippen molar-refractivity contribution in [2.45, 2.75) is 0 Å². The SMILES string of the molecule is [Pt+2].[Pt+2].[c-]1c(-c2ccc(-c3ccc(-c4ccccc4)cc3)cn2)cccc1-n1c2[c-]c(-c3nc4ccccc4s3)ccc2c2cc(-c3ccc(-c4ccccc4)cc3)ccc21.[c-]1c(-c2ccccn2)ccc(-c2ccc(-c3ccccc3)cc2)c1-n1c2[c-]c(-c3nc4ccccc4s3)ccc2c2cc(-c3ccc(-c4ccccc4)cc3)ccc21. The van der Waals surface area contributed by atoms with Gasteiger partial charge in [-0.1, -0.05) is 313 Å². The average molecular weight is 1900 g/mol. The van der Waals surface area contributed by atoms with E-state index in [1.165, 1.54) is 60.3 Å². The van der Waals surface area contributed by atoms with Gasteiger partial charge in [-0.15, -0.1) is 101 Å². The van der Waals surface area contributed by atoms with Crippen LogP contribution in [0, 0.1) is 24.3 Å². The number of fused-ring (bicyclic) bond motifs is 8. The fourth-order valence-electron chi connectivity index (χ4n) is 15.9. The summed E-state index contributed by atoms with van der Waals surface area (Å²) < 4.78 is 6.96. The molecule has 22 aromatic rings. The van der Waals surface area contributed by atoms with Crippen molar-refractivity contribution >= 4 is 86.7 Å². The molecule has 0 bridgehead atoms. The van der Waals surface area contributed by atoms with Gasteiger partial charge in [0.1, 0.15) is 0 Å². The van der Waals surface area contributed by atoms with Crippen molar-refractivity contribution in [1.82, 2.24) is 29.1 Å². The minimum absolute atomic E-state index is 0. The van der Waals surface area contributed by atoms with E-state index in [4.69, 9.17) is 19.9 Å². The molecule has 0 unspecified atom stereocenters. The van der Waals surface area contributed by atoms with Crippen molar-refractivity contribution in [3.8, 4) is 144 Å². The van der Waals surface area contributed by atoms with Gasteiger partial charge in [0.05, 0.1) is 11.0 Å². The van der Waals surface area contributed by atoms with Gasteiger partial charge in [0.2, 0.25) is 0 Å². The summed E-state index contributed by atoms with van der Waals surface area (Å²) in [6.07, 6.45) is 3.80. The topological polar surface area (TPSA) is 61.4 Å². The molecule has 6 aromatic heterocycles. The molecule has 0 fully saturated rings. The fourth-order valence-corrected chi connectivity index (χ4v) is 17.8. The summed E-state index contributed by atoms with van der Waals surface area (Å²) in [7, 11) is 0. The molecule has 0 aliphatic heterocycles. The summed E-state index contributed by atoms with van der Waals surface area (Å²) in [4.78, 5) is 19.7. The van der Waals surface area contributed by atoms with Gasteiger partial charge in [0.15, 0.2) is 0 Å². The molecule has 0 aliphatic carbocycles. The number of benzene rings is 16. The Kier molecular flexibility index (Phi) is 20.7. The van der Waals surface area contributed by atoms with Crippen LogP contribution in [0.3, 0.4) is 0 Å². The van der Waals surface area contributed by atoms with E-state index < -0.39 is 0 Å². The molecule has 0 amide bonds. The third-order valence-electron chi connectivity index (χ3n) is 21.8. The zero-order chi connectivity index (χ0) is 76.8. The first kappa shape index (κ1) is 74.7. The van der Waals surface area contributed by atoms with Crippen LogP contribution in [-0.4, -0.2) is 29.1 Å². The molecule has 0 saturated carbocycles. The van der Waals surface area contributed by atoms with E-state index in [1.807, 2.05) is 48.8 Å². The van der Waals surface area contributed by atoms with Crippen molar-refractivity contribution in [2.24, 2.45) is 0 Å². The van der Waals surface area contributed by atoms with E-state index >= 15 is 0 Å². The molecule has 0 radical (unpaired) electrons. The second kappa shape index (κ2) is 32.7. The number of pyridine rings is 2. The summed E-state index contributed by atoms with van der Waals surface area (Å²) in [5, 5.41) is 6.45. The third kappa shape index (κ3) is 14.6. The van der Waals surface area contributed by atoms with E-state index in [9.17, 15) is 0 Å². The fraction of sp³-hybridized carbons (Fsp3) is 0. The van der Waals surface area contributed by atoms with Gasteiger partial charge in [-0.05, 0) is 165 Å². The molecule has 0 N–H and O–H groups in total. The average Bonchev–Trinajstić information content (AvgIpc) is 1.58. The van der Waals surface area contributed by atoms with Crippen molar-refractivity contribution in [3.05, 3.63) is 425 Å². The van der Waals surface area contributed by atoms with Gasteiger partial charge in [-0.25, -0.2) is 0 Å². The van der Waals surface area contributed by atoms with Gasteiger partial charge in [-0.2, -0.15) is 22.7 Å². The molecule has 16 aromatic carbocycles. The van der Waals surface area contributed by atoms with Crippen LogP contribution in [0.5, 0.6) is 0 Å². The summed E-state index contributed by atoms with van der Waals surface area (Å²) in [6.45, 7) is 0. The summed E-state index contributed by atoms with van der Waals surface area (Å²) in [5.41, 5.74) is 32.2. The second-order valence-corrected chi connectivity index (χ2v) is 30.9. The van der Waals surface area contributed by atoms with Crippen LogP contribution in [0.1, 0.15) is 0 Å². The van der Waals surface area contributed by atoms with Crippen LogP contribution in [0.4, 0.5) is 0 Å². The molecule has 0 aliphatic rings. The van der Waals surface area contributed by atoms with Crippen molar-refractivity contribution in [2.75, 3.05) is 0 Å².